The monoisotopic (exact) mass is 518 g/mol. The second-order valence-electron chi connectivity index (χ2n) is 14.0. The lowest BCUT2D eigenvalue weighted by molar-refractivity contribution is -0.0399. The first-order chi connectivity index (χ1) is 18.3. The molecule has 2 nitrogen and oxygen atoms in total. The molecule has 6 aliphatic rings. The number of fused-ring (bicyclic) bond motifs is 7. The van der Waals surface area contributed by atoms with Crippen molar-refractivity contribution < 1.29 is 9.31 Å². The van der Waals surface area contributed by atoms with E-state index >= 15 is 0 Å². The molecule has 5 fully saturated rings. The van der Waals surface area contributed by atoms with E-state index in [1.165, 1.54) is 68.9 Å². The normalized spacial score (nSPS) is 33.5. The molecule has 1 spiro atoms. The minimum absolute atomic E-state index is 0.221. The molecule has 5 aliphatic carbocycles. The van der Waals surface area contributed by atoms with Gasteiger partial charge in [-0.25, -0.2) is 0 Å². The highest BCUT2D eigenvalue weighted by molar-refractivity contribution is 7.27. The van der Waals surface area contributed by atoms with Gasteiger partial charge in [0.1, 0.15) is 0 Å². The third-order valence-corrected chi connectivity index (χ3v) is 13.0. The summed E-state index contributed by atoms with van der Waals surface area (Å²) in [5.41, 5.74) is 7.02. The third kappa shape index (κ3) is 2.59. The van der Waals surface area contributed by atoms with Crippen LogP contribution in [0.25, 0.3) is 31.3 Å². The van der Waals surface area contributed by atoms with E-state index in [1.807, 2.05) is 11.3 Å². The van der Waals surface area contributed by atoms with Crippen molar-refractivity contribution >= 4 is 44.1 Å². The standard InChI is InChI=1S/C34H35BO2S/c1-32(2)33(3,4)37-35(36-32)28-11-7-9-23-24-12-13-27-29(31(24)38-30(23)28)25-8-5-6-10-26(25)34(27)21-15-19-14-20(17-21)18-22(34)16-19/h5-13,19-22H,14-18H2,1-4H3. The highest BCUT2D eigenvalue weighted by atomic mass is 32.1. The van der Waals surface area contributed by atoms with E-state index in [0.29, 0.717) is 0 Å². The van der Waals surface area contributed by atoms with Crippen LogP contribution in [-0.2, 0) is 14.7 Å². The highest BCUT2D eigenvalue weighted by Crippen LogP contribution is 2.70. The van der Waals surface area contributed by atoms with Gasteiger partial charge in [-0.3, -0.25) is 0 Å². The van der Waals surface area contributed by atoms with Gasteiger partial charge in [-0.1, -0.05) is 54.6 Å². The molecule has 4 saturated carbocycles. The van der Waals surface area contributed by atoms with E-state index in [2.05, 4.69) is 82.3 Å². The van der Waals surface area contributed by atoms with Crippen molar-refractivity contribution in [3.63, 3.8) is 0 Å². The summed E-state index contributed by atoms with van der Waals surface area (Å²) in [5.74, 6) is 3.53. The summed E-state index contributed by atoms with van der Waals surface area (Å²) in [6, 6.07) is 21.2. The van der Waals surface area contributed by atoms with Crippen molar-refractivity contribution in [2.75, 3.05) is 0 Å². The number of hydrogen-bond donors (Lipinski definition) is 0. The molecule has 0 radical (unpaired) electrons. The Bertz CT molecular complexity index is 1620. The van der Waals surface area contributed by atoms with Crippen LogP contribution in [0.5, 0.6) is 0 Å². The Morgan fingerprint density at radius 1 is 0.684 bits per heavy atom. The van der Waals surface area contributed by atoms with Gasteiger partial charge in [0.05, 0.1) is 11.2 Å². The molecule has 4 bridgehead atoms. The van der Waals surface area contributed by atoms with Gasteiger partial charge in [0.2, 0.25) is 0 Å². The van der Waals surface area contributed by atoms with Gasteiger partial charge in [0, 0.05) is 31.2 Å². The van der Waals surface area contributed by atoms with E-state index < -0.39 is 0 Å². The van der Waals surface area contributed by atoms with E-state index in [4.69, 9.17) is 9.31 Å². The minimum atomic E-state index is -0.345. The Morgan fingerprint density at radius 2 is 1.34 bits per heavy atom. The van der Waals surface area contributed by atoms with Gasteiger partial charge in [0.25, 0.3) is 0 Å². The summed E-state index contributed by atoms with van der Waals surface area (Å²) >= 11 is 1.97. The molecule has 0 unspecified atom stereocenters. The highest BCUT2D eigenvalue weighted by Gasteiger charge is 2.61. The predicted molar refractivity (Wildman–Crippen MR) is 158 cm³/mol. The van der Waals surface area contributed by atoms with Crippen molar-refractivity contribution in [1.82, 2.24) is 0 Å². The predicted octanol–water partition coefficient (Wildman–Crippen LogP) is 8.08. The van der Waals surface area contributed by atoms with Crippen LogP contribution in [0.15, 0.2) is 54.6 Å². The van der Waals surface area contributed by atoms with Crippen molar-refractivity contribution in [3.05, 3.63) is 65.7 Å². The maximum atomic E-state index is 6.54. The van der Waals surface area contributed by atoms with Crippen molar-refractivity contribution in [3.8, 4) is 11.1 Å². The third-order valence-electron chi connectivity index (χ3n) is 11.7. The average Bonchev–Trinajstić information content (AvgIpc) is 3.47. The fourth-order valence-electron chi connectivity index (χ4n) is 9.67. The smallest absolute Gasteiger partial charge is 0.399 e. The van der Waals surface area contributed by atoms with Crippen LogP contribution >= 0.6 is 11.3 Å². The lowest BCUT2D eigenvalue weighted by atomic mass is 9.43. The molecule has 0 atom stereocenters. The van der Waals surface area contributed by atoms with Crippen molar-refractivity contribution in [2.24, 2.45) is 23.7 Å². The van der Waals surface area contributed by atoms with Gasteiger partial charge in [0.15, 0.2) is 0 Å². The molecular weight excluding hydrogens is 483 g/mol. The first-order valence-corrected chi connectivity index (χ1v) is 15.5. The molecule has 4 heteroatoms. The summed E-state index contributed by atoms with van der Waals surface area (Å²) in [7, 11) is -0.340. The van der Waals surface area contributed by atoms with Crippen molar-refractivity contribution in [1.29, 1.82) is 0 Å². The second-order valence-corrected chi connectivity index (χ2v) is 15.0. The molecule has 1 aromatic heterocycles. The number of hydrogen-bond acceptors (Lipinski definition) is 3. The Labute approximate surface area is 229 Å². The molecule has 2 heterocycles. The van der Waals surface area contributed by atoms with Gasteiger partial charge in [-0.15, -0.1) is 11.3 Å². The van der Waals surface area contributed by atoms with Crippen LogP contribution in [0.2, 0.25) is 0 Å². The Balaban J connectivity index is 1.30. The van der Waals surface area contributed by atoms with Gasteiger partial charge < -0.3 is 9.31 Å². The topological polar surface area (TPSA) is 18.5 Å². The SMILES string of the molecule is CC1(C)OB(c2cccc3c2sc2c4c(ccc23)C2(c3ccccc3-4)C3CC4CC(C3)CC2C4)OC1(C)C. The second kappa shape index (κ2) is 7.13. The maximum Gasteiger partial charge on any atom is 0.496 e. The van der Waals surface area contributed by atoms with Crippen LogP contribution in [0.3, 0.4) is 0 Å². The van der Waals surface area contributed by atoms with Crippen molar-refractivity contribution in [2.45, 2.75) is 76.4 Å². The number of benzene rings is 3. The zero-order chi connectivity index (χ0) is 25.6. The fourth-order valence-corrected chi connectivity index (χ4v) is 11.0. The molecule has 1 saturated heterocycles. The zero-order valence-corrected chi connectivity index (χ0v) is 23.7. The summed E-state index contributed by atoms with van der Waals surface area (Å²) in [6.07, 6.45) is 7.21. The lowest BCUT2D eigenvalue weighted by Gasteiger charge is -2.61. The quantitative estimate of drug-likeness (QED) is 0.237. The molecule has 3 aromatic carbocycles. The van der Waals surface area contributed by atoms with E-state index in [1.54, 1.807) is 11.1 Å². The fraction of sp³-hybridized carbons (Fsp3) is 0.471. The molecular formula is C34H35BO2S. The number of rotatable bonds is 1. The first-order valence-electron chi connectivity index (χ1n) is 14.7. The van der Waals surface area contributed by atoms with Crippen LogP contribution in [0.1, 0.15) is 70.9 Å². The van der Waals surface area contributed by atoms with Gasteiger partial charge in [-0.2, -0.15) is 0 Å². The summed E-state index contributed by atoms with van der Waals surface area (Å²) in [6.45, 7) is 8.58. The molecule has 4 aromatic rings. The van der Waals surface area contributed by atoms with E-state index in [-0.39, 0.29) is 23.7 Å². The molecule has 192 valence electrons. The molecule has 10 rings (SSSR count). The summed E-state index contributed by atoms with van der Waals surface area (Å²) in [5, 5.41) is 2.72. The largest absolute Gasteiger partial charge is 0.496 e. The van der Waals surface area contributed by atoms with E-state index in [0.717, 1.165) is 23.7 Å². The van der Waals surface area contributed by atoms with Crippen LogP contribution in [-0.4, -0.2) is 18.3 Å². The molecule has 1 aliphatic heterocycles. The van der Waals surface area contributed by atoms with Crippen LogP contribution in [0.4, 0.5) is 0 Å². The van der Waals surface area contributed by atoms with E-state index in [9.17, 15) is 0 Å². The van der Waals surface area contributed by atoms with Crippen LogP contribution < -0.4 is 5.46 Å². The van der Waals surface area contributed by atoms with Gasteiger partial charge >= 0.3 is 7.12 Å². The summed E-state index contributed by atoms with van der Waals surface area (Å²) < 4.78 is 15.9. The summed E-state index contributed by atoms with van der Waals surface area (Å²) in [4.78, 5) is 0. The van der Waals surface area contributed by atoms with Crippen LogP contribution in [0, 0.1) is 23.7 Å². The minimum Gasteiger partial charge on any atom is -0.399 e. The van der Waals surface area contributed by atoms with Gasteiger partial charge in [-0.05, 0) is 106 Å². The average molecular weight is 519 g/mol. The lowest BCUT2D eigenvalue weighted by Crippen LogP contribution is -2.55. The first kappa shape index (κ1) is 22.7. The Morgan fingerprint density at radius 3 is 2.05 bits per heavy atom. The molecule has 0 N–H and O–H groups in total. The zero-order valence-electron chi connectivity index (χ0n) is 22.8. The Hall–Kier alpha value is -2.14. The molecule has 38 heavy (non-hydrogen) atoms. The molecule has 0 amide bonds. The maximum absolute atomic E-state index is 6.54. The number of thiophene rings is 1. The Kier molecular flexibility index (Phi) is 4.25.